The van der Waals surface area contributed by atoms with Gasteiger partial charge in [0.25, 0.3) is 0 Å². The number of carbonyl (C=O) groups excluding carboxylic acids is 1. The van der Waals surface area contributed by atoms with Gasteiger partial charge in [0.15, 0.2) is 0 Å². The summed E-state index contributed by atoms with van der Waals surface area (Å²) in [6.07, 6.45) is 4.65. The van der Waals surface area contributed by atoms with Crippen LogP contribution in [0.5, 0.6) is 0 Å². The van der Waals surface area contributed by atoms with E-state index in [0.717, 1.165) is 25.9 Å². The Morgan fingerprint density at radius 1 is 1.48 bits per heavy atom. The van der Waals surface area contributed by atoms with Crippen LogP contribution in [-0.2, 0) is 9.53 Å². The van der Waals surface area contributed by atoms with Crippen molar-refractivity contribution in [3.63, 3.8) is 0 Å². The van der Waals surface area contributed by atoms with Crippen molar-refractivity contribution in [3.8, 4) is 0 Å². The number of benzene rings is 1. The van der Waals surface area contributed by atoms with Gasteiger partial charge in [-0.25, -0.2) is 0 Å². The summed E-state index contributed by atoms with van der Waals surface area (Å²) in [4.78, 5) is 12.3. The number of thiocarbonyl (C=S) groups is 1. The molecular formula is C15H19ClN2O2S. The van der Waals surface area contributed by atoms with Crippen molar-refractivity contribution in [2.24, 2.45) is 5.73 Å². The third kappa shape index (κ3) is 4.95. The van der Waals surface area contributed by atoms with E-state index < -0.39 is 0 Å². The molecule has 1 aliphatic heterocycles. The van der Waals surface area contributed by atoms with Crippen LogP contribution in [0.3, 0.4) is 0 Å². The zero-order chi connectivity index (χ0) is 15.2. The van der Waals surface area contributed by atoms with Crippen molar-refractivity contribution in [1.29, 1.82) is 0 Å². The van der Waals surface area contributed by atoms with Gasteiger partial charge in [-0.05, 0) is 43.9 Å². The Hall–Kier alpha value is -1.17. The van der Waals surface area contributed by atoms with E-state index in [4.69, 9.17) is 34.3 Å². The van der Waals surface area contributed by atoms with Gasteiger partial charge in [-0.3, -0.25) is 4.79 Å². The van der Waals surface area contributed by atoms with Crippen LogP contribution in [0, 0.1) is 0 Å². The summed E-state index contributed by atoms with van der Waals surface area (Å²) in [6.45, 7) is 0.798. The first kappa shape index (κ1) is 16.2. The molecule has 1 heterocycles. The molecule has 1 aromatic carbocycles. The normalized spacial score (nSPS) is 18.2. The second-order valence-electron chi connectivity index (χ2n) is 5.13. The molecule has 0 spiro atoms. The first-order valence-corrected chi connectivity index (χ1v) is 7.85. The van der Waals surface area contributed by atoms with E-state index in [1.54, 1.807) is 18.2 Å². The molecule has 4 nitrogen and oxygen atoms in total. The van der Waals surface area contributed by atoms with E-state index in [9.17, 15) is 4.79 Å². The lowest BCUT2D eigenvalue weighted by atomic mass is 10.0. The van der Waals surface area contributed by atoms with Gasteiger partial charge >= 0.3 is 0 Å². The molecule has 1 unspecified atom stereocenters. The number of rotatable bonds is 5. The van der Waals surface area contributed by atoms with E-state index in [-0.39, 0.29) is 17.0 Å². The molecule has 1 saturated heterocycles. The Labute approximate surface area is 135 Å². The minimum absolute atomic E-state index is 0.0797. The van der Waals surface area contributed by atoms with Crippen LogP contribution in [0.1, 0.15) is 37.7 Å². The topological polar surface area (TPSA) is 64.3 Å². The van der Waals surface area contributed by atoms with Crippen LogP contribution in [-0.4, -0.2) is 23.6 Å². The number of anilines is 1. The fourth-order valence-corrected chi connectivity index (χ4v) is 2.72. The van der Waals surface area contributed by atoms with Gasteiger partial charge in [0.05, 0.1) is 11.8 Å². The Morgan fingerprint density at radius 3 is 2.95 bits per heavy atom. The molecular weight excluding hydrogens is 308 g/mol. The molecule has 21 heavy (non-hydrogen) atoms. The Morgan fingerprint density at radius 2 is 2.29 bits per heavy atom. The number of nitrogens with two attached hydrogens (primary N) is 1. The smallest absolute Gasteiger partial charge is 0.224 e. The predicted octanol–water partition coefficient (Wildman–Crippen LogP) is 3.26. The van der Waals surface area contributed by atoms with Gasteiger partial charge in [0.2, 0.25) is 5.91 Å². The van der Waals surface area contributed by atoms with E-state index in [0.29, 0.717) is 22.7 Å². The lowest BCUT2D eigenvalue weighted by Crippen LogP contribution is -2.22. The van der Waals surface area contributed by atoms with Crippen LogP contribution in [0.25, 0.3) is 0 Å². The Kier molecular flexibility index (Phi) is 5.96. The van der Waals surface area contributed by atoms with Gasteiger partial charge in [-0.2, -0.15) is 0 Å². The average molecular weight is 327 g/mol. The molecule has 0 radical (unpaired) electrons. The third-order valence-electron chi connectivity index (χ3n) is 3.49. The van der Waals surface area contributed by atoms with Crippen molar-refractivity contribution < 1.29 is 9.53 Å². The molecule has 1 aliphatic rings. The van der Waals surface area contributed by atoms with Crippen molar-refractivity contribution in [1.82, 2.24) is 0 Å². The van der Waals surface area contributed by atoms with Gasteiger partial charge in [-0.1, -0.05) is 23.8 Å². The lowest BCUT2D eigenvalue weighted by molar-refractivity contribution is -0.117. The number of hydrogen-bond acceptors (Lipinski definition) is 3. The number of halogens is 1. The van der Waals surface area contributed by atoms with Crippen LogP contribution in [0.15, 0.2) is 18.2 Å². The maximum atomic E-state index is 12.0. The van der Waals surface area contributed by atoms with Crippen molar-refractivity contribution >= 4 is 40.4 Å². The lowest BCUT2D eigenvalue weighted by Gasteiger charge is -2.22. The molecule has 1 atom stereocenters. The number of nitrogens with one attached hydrogen (secondary N) is 1. The summed E-state index contributed by atoms with van der Waals surface area (Å²) < 4.78 is 5.62. The highest BCUT2D eigenvalue weighted by Gasteiger charge is 2.16. The quantitative estimate of drug-likeness (QED) is 0.815. The molecule has 114 valence electrons. The van der Waals surface area contributed by atoms with Gasteiger partial charge in [-0.15, -0.1) is 0 Å². The Bertz CT molecular complexity index is 530. The molecule has 2 rings (SSSR count). The largest absolute Gasteiger partial charge is 0.389 e. The highest BCUT2D eigenvalue weighted by atomic mass is 35.5. The summed E-state index contributed by atoms with van der Waals surface area (Å²) in [5.74, 6) is -0.0797. The third-order valence-corrected chi connectivity index (χ3v) is 3.94. The van der Waals surface area contributed by atoms with Gasteiger partial charge in [0.1, 0.15) is 4.99 Å². The highest BCUT2D eigenvalue weighted by Crippen LogP contribution is 2.22. The van der Waals surface area contributed by atoms with E-state index in [1.807, 2.05) is 0 Å². The molecule has 0 bridgehead atoms. The number of amides is 1. The molecule has 0 saturated carbocycles. The molecule has 1 aromatic rings. The second-order valence-corrected chi connectivity index (χ2v) is 6.01. The fraction of sp³-hybridized carbons (Fsp3) is 0.467. The molecule has 0 aliphatic carbocycles. The zero-order valence-electron chi connectivity index (χ0n) is 11.7. The summed E-state index contributed by atoms with van der Waals surface area (Å²) in [5.41, 5.74) is 6.83. The average Bonchev–Trinajstić information content (AvgIpc) is 2.46. The molecule has 6 heteroatoms. The minimum Gasteiger partial charge on any atom is -0.389 e. The molecule has 0 aromatic heterocycles. The maximum Gasteiger partial charge on any atom is 0.224 e. The fourth-order valence-electron chi connectivity index (χ4n) is 2.37. The second kappa shape index (κ2) is 7.73. The highest BCUT2D eigenvalue weighted by molar-refractivity contribution is 7.80. The number of carbonyl (C=O) groups is 1. The molecule has 1 fully saturated rings. The SMILES string of the molecule is NC(=S)c1ccc(Cl)cc1NC(=O)CCC1CCCCO1. The molecule has 1 amide bonds. The summed E-state index contributed by atoms with van der Waals surface area (Å²) in [5, 5.41) is 3.35. The van der Waals surface area contributed by atoms with Crippen LogP contribution >= 0.6 is 23.8 Å². The van der Waals surface area contributed by atoms with E-state index in [2.05, 4.69) is 5.32 Å². The van der Waals surface area contributed by atoms with Crippen molar-refractivity contribution in [2.45, 2.75) is 38.2 Å². The first-order valence-electron chi connectivity index (χ1n) is 7.07. The standard InChI is InChI=1S/C15H19ClN2O2S/c16-10-4-6-12(15(17)21)13(9-10)18-14(19)7-5-11-3-1-2-8-20-11/h4,6,9,11H,1-3,5,7-8H2,(H2,17,21)(H,18,19). The zero-order valence-corrected chi connectivity index (χ0v) is 13.3. The number of ether oxygens (including phenoxy) is 1. The van der Waals surface area contributed by atoms with Crippen LogP contribution in [0.2, 0.25) is 5.02 Å². The van der Waals surface area contributed by atoms with Gasteiger partial charge in [0, 0.05) is 23.6 Å². The molecule has 3 N–H and O–H groups in total. The summed E-state index contributed by atoms with van der Waals surface area (Å²) in [7, 11) is 0. The summed E-state index contributed by atoms with van der Waals surface area (Å²) in [6, 6.07) is 5.07. The Balaban J connectivity index is 1.92. The van der Waals surface area contributed by atoms with E-state index in [1.165, 1.54) is 6.42 Å². The van der Waals surface area contributed by atoms with E-state index >= 15 is 0 Å². The number of hydrogen-bond donors (Lipinski definition) is 2. The summed E-state index contributed by atoms with van der Waals surface area (Å²) >= 11 is 10.9. The monoisotopic (exact) mass is 326 g/mol. The van der Waals surface area contributed by atoms with Crippen LogP contribution in [0.4, 0.5) is 5.69 Å². The van der Waals surface area contributed by atoms with Crippen LogP contribution < -0.4 is 11.1 Å². The van der Waals surface area contributed by atoms with Crippen molar-refractivity contribution in [2.75, 3.05) is 11.9 Å². The predicted molar refractivity (Wildman–Crippen MR) is 88.8 cm³/mol. The van der Waals surface area contributed by atoms with Crippen molar-refractivity contribution in [3.05, 3.63) is 28.8 Å². The maximum absolute atomic E-state index is 12.0. The minimum atomic E-state index is -0.0797. The first-order chi connectivity index (χ1) is 10.1. The van der Waals surface area contributed by atoms with Gasteiger partial charge < -0.3 is 15.8 Å².